The van der Waals surface area contributed by atoms with Gasteiger partial charge in [0.15, 0.2) is 0 Å². The Hall–Kier alpha value is -0.0400. The normalized spacial score (nSPS) is 43.9. The number of hydrogen-bond acceptors (Lipinski definition) is 1. The molecule has 0 heterocycles. The highest BCUT2D eigenvalue weighted by molar-refractivity contribution is 5.09. The molecule has 2 rings (SSSR count). The van der Waals surface area contributed by atoms with E-state index >= 15 is 0 Å². The Morgan fingerprint density at radius 2 is 1.86 bits per heavy atom. The molecule has 0 aromatic rings. The van der Waals surface area contributed by atoms with Gasteiger partial charge in [-0.1, -0.05) is 27.7 Å². The van der Waals surface area contributed by atoms with Crippen LogP contribution in [0.15, 0.2) is 0 Å². The van der Waals surface area contributed by atoms with Crippen molar-refractivity contribution in [2.24, 2.45) is 34.3 Å². The predicted molar refractivity (Wildman–Crippen MR) is 60.9 cm³/mol. The van der Waals surface area contributed by atoms with Gasteiger partial charge in [-0.3, -0.25) is 0 Å². The minimum absolute atomic E-state index is 0.542. The Balaban J connectivity index is 2.00. The van der Waals surface area contributed by atoms with Crippen LogP contribution in [0.25, 0.3) is 0 Å². The van der Waals surface area contributed by atoms with Gasteiger partial charge in [0.1, 0.15) is 0 Å². The van der Waals surface area contributed by atoms with E-state index in [0.29, 0.717) is 10.8 Å². The highest BCUT2D eigenvalue weighted by Gasteiger charge is 2.60. The summed E-state index contributed by atoms with van der Waals surface area (Å²) in [5, 5.41) is 0. The molecular formula is C13H25N. The van der Waals surface area contributed by atoms with Gasteiger partial charge in [-0.2, -0.15) is 0 Å². The number of nitrogens with two attached hydrogens (primary N) is 1. The van der Waals surface area contributed by atoms with Crippen molar-refractivity contribution >= 4 is 0 Å². The zero-order chi connectivity index (χ0) is 10.6. The van der Waals surface area contributed by atoms with Crippen molar-refractivity contribution < 1.29 is 0 Å². The van der Waals surface area contributed by atoms with E-state index in [1.807, 2.05) is 0 Å². The van der Waals surface area contributed by atoms with Gasteiger partial charge < -0.3 is 5.73 Å². The molecule has 0 aromatic heterocycles. The highest BCUT2D eigenvalue weighted by Crippen LogP contribution is 2.65. The van der Waals surface area contributed by atoms with Gasteiger partial charge in [0.05, 0.1) is 0 Å². The van der Waals surface area contributed by atoms with Crippen LogP contribution in [0.4, 0.5) is 0 Å². The first-order valence-corrected chi connectivity index (χ1v) is 6.08. The van der Waals surface area contributed by atoms with E-state index in [4.69, 9.17) is 5.73 Å². The lowest BCUT2D eigenvalue weighted by Crippen LogP contribution is -2.09. The second-order valence-electron chi connectivity index (χ2n) is 6.86. The molecule has 0 amide bonds. The van der Waals surface area contributed by atoms with Crippen LogP contribution in [0.2, 0.25) is 0 Å². The maximum atomic E-state index is 5.84. The first-order valence-electron chi connectivity index (χ1n) is 6.08. The van der Waals surface area contributed by atoms with E-state index in [1.54, 1.807) is 0 Å². The van der Waals surface area contributed by atoms with Crippen molar-refractivity contribution in [3.8, 4) is 0 Å². The van der Waals surface area contributed by atoms with E-state index in [2.05, 4.69) is 27.7 Å². The third-order valence-corrected chi connectivity index (χ3v) is 4.91. The first kappa shape index (κ1) is 10.5. The SMILES string of the molecule is CC1(C)CCC([C@@H]2[C@@H](CN)C2(C)C)C1. The molecule has 82 valence electrons. The van der Waals surface area contributed by atoms with Gasteiger partial charge in [-0.05, 0) is 54.4 Å². The van der Waals surface area contributed by atoms with Crippen molar-refractivity contribution in [3.63, 3.8) is 0 Å². The molecule has 2 fully saturated rings. The number of hydrogen-bond donors (Lipinski definition) is 1. The van der Waals surface area contributed by atoms with Crippen LogP contribution in [-0.2, 0) is 0 Å². The van der Waals surface area contributed by atoms with Crippen LogP contribution < -0.4 is 5.73 Å². The minimum Gasteiger partial charge on any atom is -0.330 e. The van der Waals surface area contributed by atoms with Gasteiger partial charge in [0.25, 0.3) is 0 Å². The summed E-state index contributed by atoms with van der Waals surface area (Å²) in [4.78, 5) is 0. The molecule has 1 heteroatoms. The Kier molecular flexibility index (Phi) is 2.23. The average molecular weight is 195 g/mol. The third-order valence-electron chi connectivity index (χ3n) is 4.91. The fourth-order valence-electron chi connectivity index (χ4n) is 3.97. The van der Waals surface area contributed by atoms with Crippen LogP contribution in [0.1, 0.15) is 47.0 Å². The molecule has 1 nitrogen and oxygen atoms in total. The zero-order valence-electron chi connectivity index (χ0n) is 10.1. The van der Waals surface area contributed by atoms with Crippen molar-refractivity contribution in [2.45, 2.75) is 47.0 Å². The molecule has 2 aliphatic rings. The van der Waals surface area contributed by atoms with Crippen molar-refractivity contribution in [3.05, 3.63) is 0 Å². The van der Waals surface area contributed by atoms with Crippen LogP contribution in [0.3, 0.4) is 0 Å². The topological polar surface area (TPSA) is 26.0 Å². The fourth-order valence-corrected chi connectivity index (χ4v) is 3.97. The van der Waals surface area contributed by atoms with E-state index in [9.17, 15) is 0 Å². The van der Waals surface area contributed by atoms with Crippen molar-refractivity contribution in [2.75, 3.05) is 6.54 Å². The van der Waals surface area contributed by atoms with Crippen LogP contribution >= 0.6 is 0 Å². The lowest BCUT2D eigenvalue weighted by Gasteiger charge is -2.17. The summed E-state index contributed by atoms with van der Waals surface area (Å²) in [6.45, 7) is 10.5. The van der Waals surface area contributed by atoms with Gasteiger partial charge >= 0.3 is 0 Å². The largest absolute Gasteiger partial charge is 0.330 e. The molecule has 14 heavy (non-hydrogen) atoms. The maximum Gasteiger partial charge on any atom is -0.00407 e. The summed E-state index contributed by atoms with van der Waals surface area (Å²) in [6, 6.07) is 0. The molecule has 0 spiro atoms. The van der Waals surface area contributed by atoms with E-state index in [1.165, 1.54) is 19.3 Å². The third kappa shape index (κ3) is 1.50. The van der Waals surface area contributed by atoms with Crippen LogP contribution in [-0.4, -0.2) is 6.54 Å². The van der Waals surface area contributed by atoms with Crippen molar-refractivity contribution in [1.29, 1.82) is 0 Å². The molecule has 3 atom stereocenters. The second-order valence-corrected chi connectivity index (χ2v) is 6.86. The predicted octanol–water partition coefficient (Wildman–Crippen LogP) is 3.04. The minimum atomic E-state index is 0.542. The molecule has 0 saturated heterocycles. The van der Waals surface area contributed by atoms with Gasteiger partial charge in [-0.25, -0.2) is 0 Å². The zero-order valence-corrected chi connectivity index (χ0v) is 10.1. The van der Waals surface area contributed by atoms with Crippen molar-refractivity contribution in [1.82, 2.24) is 0 Å². The molecule has 0 aliphatic heterocycles. The molecule has 2 aliphatic carbocycles. The Bertz CT molecular complexity index is 229. The summed E-state index contributed by atoms with van der Waals surface area (Å²) < 4.78 is 0. The monoisotopic (exact) mass is 195 g/mol. The van der Waals surface area contributed by atoms with Gasteiger partial charge in [-0.15, -0.1) is 0 Å². The Morgan fingerprint density at radius 3 is 2.21 bits per heavy atom. The first-order chi connectivity index (χ1) is 6.38. The molecule has 2 saturated carbocycles. The van der Waals surface area contributed by atoms with E-state index in [0.717, 1.165) is 24.3 Å². The Morgan fingerprint density at radius 1 is 1.21 bits per heavy atom. The maximum absolute atomic E-state index is 5.84. The summed E-state index contributed by atoms with van der Waals surface area (Å²) in [5.74, 6) is 2.70. The van der Waals surface area contributed by atoms with Crippen LogP contribution in [0.5, 0.6) is 0 Å². The quantitative estimate of drug-likeness (QED) is 0.720. The van der Waals surface area contributed by atoms with Gasteiger partial charge in [0, 0.05) is 0 Å². The summed E-state index contributed by atoms with van der Waals surface area (Å²) in [7, 11) is 0. The molecular weight excluding hydrogens is 170 g/mol. The fraction of sp³-hybridized carbons (Fsp3) is 1.00. The van der Waals surface area contributed by atoms with E-state index < -0.39 is 0 Å². The summed E-state index contributed by atoms with van der Waals surface area (Å²) in [5.41, 5.74) is 6.98. The standard InChI is InChI=1S/C13H25N/c1-12(2)6-5-9(7-12)11-10(8-14)13(11,3)4/h9-11H,5-8,14H2,1-4H3/t9?,10-,11-/m1/s1. The lowest BCUT2D eigenvalue weighted by atomic mass is 9.88. The molecule has 0 radical (unpaired) electrons. The summed E-state index contributed by atoms with van der Waals surface area (Å²) >= 11 is 0. The molecule has 0 aromatic carbocycles. The Labute approximate surface area is 88.4 Å². The lowest BCUT2D eigenvalue weighted by molar-refractivity contribution is 0.328. The van der Waals surface area contributed by atoms with Crippen LogP contribution in [0, 0.1) is 28.6 Å². The molecule has 2 N–H and O–H groups in total. The summed E-state index contributed by atoms with van der Waals surface area (Å²) in [6.07, 6.45) is 4.29. The highest BCUT2D eigenvalue weighted by atomic mass is 14.7. The van der Waals surface area contributed by atoms with Gasteiger partial charge in [0.2, 0.25) is 0 Å². The smallest absolute Gasteiger partial charge is 0.00407 e. The number of rotatable bonds is 2. The average Bonchev–Trinajstić information content (AvgIpc) is 2.41. The molecule has 1 unspecified atom stereocenters. The molecule has 0 bridgehead atoms. The second kappa shape index (κ2) is 2.98. The van der Waals surface area contributed by atoms with E-state index in [-0.39, 0.29) is 0 Å².